The van der Waals surface area contributed by atoms with Crippen LogP contribution in [0, 0.1) is 0 Å². The topological polar surface area (TPSA) is 95.2 Å². The van der Waals surface area contributed by atoms with E-state index in [-0.39, 0.29) is 18.3 Å². The summed E-state index contributed by atoms with van der Waals surface area (Å²) in [5.74, 6) is 1.19. The molecule has 0 spiro atoms. The van der Waals surface area contributed by atoms with Gasteiger partial charge in [-0.2, -0.15) is 0 Å². The van der Waals surface area contributed by atoms with E-state index in [9.17, 15) is 4.79 Å². The summed E-state index contributed by atoms with van der Waals surface area (Å²) in [6.45, 7) is 0. The molecule has 0 aromatic heterocycles. The van der Waals surface area contributed by atoms with E-state index in [4.69, 9.17) is 31.5 Å². The number of carbonyl (C=O) groups excluding carboxylic acids is 1. The van der Waals surface area contributed by atoms with Gasteiger partial charge in [-0.1, -0.05) is 23.7 Å². The highest BCUT2D eigenvalue weighted by atomic mass is 35.5. The van der Waals surface area contributed by atoms with E-state index < -0.39 is 5.54 Å². The van der Waals surface area contributed by atoms with Crippen LogP contribution in [0.25, 0.3) is 0 Å². The number of carbonyl (C=O) groups is 1. The summed E-state index contributed by atoms with van der Waals surface area (Å²) >= 11 is 6.14. The number of ether oxygens (including phenoxy) is 3. The summed E-state index contributed by atoms with van der Waals surface area (Å²) in [6.07, 6.45) is 0.233. The maximum absolute atomic E-state index is 12.8. The van der Waals surface area contributed by atoms with E-state index in [1.165, 1.54) is 21.3 Å². The van der Waals surface area contributed by atoms with Crippen LogP contribution in [0.4, 0.5) is 0 Å². The molecule has 27 heavy (non-hydrogen) atoms. The number of rotatable bonds is 6. The van der Waals surface area contributed by atoms with Crippen LogP contribution < -0.4 is 25.3 Å². The van der Waals surface area contributed by atoms with Crippen molar-refractivity contribution in [2.75, 3.05) is 21.3 Å². The molecular weight excluding hydrogens is 370 g/mol. The highest BCUT2D eigenvalue weighted by molar-refractivity contribution is 6.30. The number of hydrogen-bond acceptors (Lipinski definition) is 6. The van der Waals surface area contributed by atoms with Gasteiger partial charge in [-0.15, -0.1) is 0 Å². The fraction of sp³-hybridized carbons (Fsp3) is 0.263. The molecule has 142 valence electrons. The van der Waals surface area contributed by atoms with Crippen molar-refractivity contribution < 1.29 is 19.0 Å². The number of halogens is 1. The van der Waals surface area contributed by atoms with Gasteiger partial charge < -0.3 is 19.9 Å². The molecule has 1 unspecified atom stereocenters. The molecule has 8 heteroatoms. The van der Waals surface area contributed by atoms with Crippen LogP contribution in [-0.4, -0.2) is 33.2 Å². The third-order valence-corrected chi connectivity index (χ3v) is 4.65. The van der Waals surface area contributed by atoms with Gasteiger partial charge in [0.1, 0.15) is 0 Å². The van der Waals surface area contributed by atoms with Crippen LogP contribution in [0.2, 0.25) is 5.02 Å². The van der Waals surface area contributed by atoms with Gasteiger partial charge in [-0.25, -0.2) is 4.99 Å². The van der Waals surface area contributed by atoms with E-state index in [1.54, 1.807) is 36.4 Å². The van der Waals surface area contributed by atoms with Crippen molar-refractivity contribution in [3.8, 4) is 17.2 Å². The number of hydrogen-bond donors (Lipinski definition) is 2. The SMILES string of the molecule is COc1cc(CC2(c3cccc(Cl)c3)N=C(N)NC2=O)cc(OC)c1OC. The molecule has 7 nitrogen and oxygen atoms in total. The molecule has 2 aromatic carbocycles. The van der Waals surface area contributed by atoms with Crippen LogP contribution in [0.5, 0.6) is 17.2 Å². The van der Waals surface area contributed by atoms with Crippen molar-refractivity contribution in [3.63, 3.8) is 0 Å². The molecule has 0 saturated heterocycles. The Morgan fingerprint density at radius 3 is 2.26 bits per heavy atom. The van der Waals surface area contributed by atoms with Gasteiger partial charge in [0.25, 0.3) is 5.91 Å². The van der Waals surface area contributed by atoms with Crippen molar-refractivity contribution in [2.45, 2.75) is 12.0 Å². The normalized spacial score (nSPS) is 18.7. The predicted octanol–water partition coefficient (Wildman–Crippen LogP) is 2.25. The molecular formula is C19H20ClN3O4. The van der Waals surface area contributed by atoms with Gasteiger partial charge >= 0.3 is 0 Å². The summed E-state index contributed by atoms with van der Waals surface area (Å²) < 4.78 is 16.2. The molecule has 1 aliphatic rings. The molecule has 1 aliphatic heterocycles. The average molecular weight is 390 g/mol. The Balaban J connectivity index is 2.13. The Morgan fingerprint density at radius 2 is 1.78 bits per heavy atom. The molecule has 0 radical (unpaired) electrons. The van der Waals surface area contributed by atoms with Crippen LogP contribution in [0.15, 0.2) is 41.4 Å². The Kier molecular flexibility index (Phi) is 5.14. The Morgan fingerprint density at radius 1 is 1.11 bits per heavy atom. The third-order valence-electron chi connectivity index (χ3n) is 4.42. The Bertz CT molecular complexity index is 891. The molecule has 1 atom stereocenters. The molecule has 0 saturated carbocycles. The predicted molar refractivity (Wildman–Crippen MR) is 103 cm³/mol. The summed E-state index contributed by atoms with van der Waals surface area (Å²) in [5.41, 5.74) is 5.97. The lowest BCUT2D eigenvalue weighted by atomic mass is 9.84. The molecule has 3 rings (SSSR count). The molecule has 0 fully saturated rings. The number of amides is 1. The summed E-state index contributed by atoms with van der Waals surface area (Å²) in [5, 5.41) is 3.09. The molecule has 0 bridgehead atoms. The van der Waals surface area contributed by atoms with Gasteiger partial charge in [0.05, 0.1) is 21.3 Å². The quantitative estimate of drug-likeness (QED) is 0.790. The lowest BCUT2D eigenvalue weighted by Crippen LogP contribution is -2.40. The van der Waals surface area contributed by atoms with Crippen LogP contribution >= 0.6 is 11.6 Å². The number of aliphatic imine (C=N–C) groups is 1. The second-order valence-electron chi connectivity index (χ2n) is 6.03. The second kappa shape index (κ2) is 7.36. The average Bonchev–Trinajstić information content (AvgIpc) is 2.94. The number of nitrogens with two attached hydrogens (primary N) is 1. The van der Waals surface area contributed by atoms with Crippen LogP contribution in [-0.2, 0) is 16.8 Å². The van der Waals surface area contributed by atoms with Gasteiger partial charge in [0.2, 0.25) is 5.75 Å². The first-order valence-corrected chi connectivity index (χ1v) is 8.53. The van der Waals surface area contributed by atoms with Crippen molar-refractivity contribution in [2.24, 2.45) is 10.7 Å². The maximum atomic E-state index is 12.8. The fourth-order valence-corrected chi connectivity index (χ4v) is 3.39. The fourth-order valence-electron chi connectivity index (χ4n) is 3.20. The van der Waals surface area contributed by atoms with Crippen LogP contribution in [0.1, 0.15) is 11.1 Å². The summed E-state index contributed by atoms with van der Waals surface area (Å²) in [4.78, 5) is 17.2. The minimum Gasteiger partial charge on any atom is -0.493 e. The summed E-state index contributed by atoms with van der Waals surface area (Å²) in [6, 6.07) is 10.6. The summed E-state index contributed by atoms with van der Waals surface area (Å²) in [7, 11) is 4.60. The van der Waals surface area contributed by atoms with E-state index >= 15 is 0 Å². The highest BCUT2D eigenvalue weighted by Crippen LogP contribution is 2.41. The van der Waals surface area contributed by atoms with Gasteiger partial charge in [-0.3, -0.25) is 10.1 Å². The zero-order valence-corrected chi connectivity index (χ0v) is 16.0. The van der Waals surface area contributed by atoms with Crippen molar-refractivity contribution in [1.29, 1.82) is 0 Å². The van der Waals surface area contributed by atoms with Crippen molar-refractivity contribution >= 4 is 23.5 Å². The molecule has 3 N–H and O–H groups in total. The van der Waals surface area contributed by atoms with Crippen molar-refractivity contribution in [3.05, 3.63) is 52.5 Å². The standard InChI is InChI=1S/C19H20ClN3O4/c1-25-14-7-11(8-15(26-2)16(14)27-3)10-19(17(24)22-18(21)23-19)12-5-4-6-13(20)9-12/h4-9H,10H2,1-3H3,(H3,21,22,23,24). The van der Waals surface area contributed by atoms with E-state index in [0.717, 1.165) is 5.56 Å². The smallest absolute Gasteiger partial charge is 0.259 e. The zero-order chi connectivity index (χ0) is 19.6. The highest BCUT2D eigenvalue weighted by Gasteiger charge is 2.45. The first-order valence-electron chi connectivity index (χ1n) is 8.15. The molecule has 0 aliphatic carbocycles. The lowest BCUT2D eigenvalue weighted by molar-refractivity contribution is -0.124. The van der Waals surface area contributed by atoms with E-state index in [2.05, 4.69) is 10.3 Å². The Hall–Kier alpha value is -2.93. The van der Waals surface area contributed by atoms with E-state index in [0.29, 0.717) is 27.8 Å². The van der Waals surface area contributed by atoms with Gasteiger partial charge in [0.15, 0.2) is 23.0 Å². The maximum Gasteiger partial charge on any atom is 0.259 e. The first kappa shape index (κ1) is 18.8. The number of methoxy groups -OCH3 is 3. The van der Waals surface area contributed by atoms with E-state index in [1.807, 2.05) is 0 Å². The number of nitrogens with zero attached hydrogens (tertiary/aromatic N) is 1. The van der Waals surface area contributed by atoms with Gasteiger partial charge in [0, 0.05) is 11.4 Å². The third kappa shape index (κ3) is 3.38. The van der Waals surface area contributed by atoms with Crippen molar-refractivity contribution in [1.82, 2.24) is 5.32 Å². The Labute approximate surface area is 162 Å². The zero-order valence-electron chi connectivity index (χ0n) is 15.2. The molecule has 1 heterocycles. The number of benzene rings is 2. The number of guanidine groups is 1. The minimum absolute atomic E-state index is 0.0624. The minimum atomic E-state index is -1.24. The van der Waals surface area contributed by atoms with Gasteiger partial charge in [-0.05, 0) is 35.4 Å². The monoisotopic (exact) mass is 389 g/mol. The van der Waals surface area contributed by atoms with Crippen LogP contribution in [0.3, 0.4) is 0 Å². The number of nitrogens with one attached hydrogen (secondary N) is 1. The molecule has 1 amide bonds. The second-order valence-corrected chi connectivity index (χ2v) is 6.47. The lowest BCUT2D eigenvalue weighted by Gasteiger charge is -2.25. The molecule has 2 aromatic rings. The first-order chi connectivity index (χ1) is 12.9. The largest absolute Gasteiger partial charge is 0.493 e.